The smallest absolute Gasteiger partial charge is 0.144 e. The summed E-state index contributed by atoms with van der Waals surface area (Å²) in [7, 11) is 1.74. The molecule has 5 heteroatoms. The normalized spacial score (nSPS) is 13.7. The molecule has 5 nitrogen and oxygen atoms in total. The lowest BCUT2D eigenvalue weighted by atomic mass is 9.86. The van der Waals surface area contributed by atoms with Crippen LogP contribution >= 0.6 is 0 Å². The van der Waals surface area contributed by atoms with E-state index in [0.717, 1.165) is 53.3 Å². The zero-order chi connectivity index (χ0) is 26.6. The molecule has 0 saturated carbocycles. The second kappa shape index (κ2) is 9.09. The molecule has 1 aliphatic rings. The van der Waals surface area contributed by atoms with Crippen LogP contribution in [0.25, 0.3) is 27.8 Å². The average Bonchev–Trinajstić information content (AvgIpc) is 3.51. The SMILES string of the molecule is COc1cccc(C)c1-n1nc2c(c1-c1ccc3[nH]ccc3c1)CN(c1cc(C(C)(C)C)ccc1C)CC2. The van der Waals surface area contributed by atoms with E-state index < -0.39 is 0 Å². The second-order valence-electron chi connectivity index (χ2n) is 11.5. The summed E-state index contributed by atoms with van der Waals surface area (Å²) in [5.41, 5.74) is 12.1. The minimum absolute atomic E-state index is 0.104. The van der Waals surface area contributed by atoms with E-state index in [4.69, 9.17) is 9.84 Å². The first-order chi connectivity index (χ1) is 18.2. The highest BCUT2D eigenvalue weighted by molar-refractivity contribution is 5.86. The summed E-state index contributed by atoms with van der Waals surface area (Å²) in [4.78, 5) is 5.86. The summed E-state index contributed by atoms with van der Waals surface area (Å²) in [6.45, 7) is 13.0. The molecule has 0 aliphatic carbocycles. The molecule has 0 saturated heterocycles. The molecule has 0 amide bonds. The van der Waals surface area contributed by atoms with Crippen molar-refractivity contribution in [2.24, 2.45) is 0 Å². The molecule has 0 radical (unpaired) electrons. The van der Waals surface area contributed by atoms with Crippen LogP contribution in [0.15, 0.2) is 66.9 Å². The third-order valence-corrected chi connectivity index (χ3v) is 7.91. The quantitative estimate of drug-likeness (QED) is 0.276. The molecule has 6 rings (SSSR count). The monoisotopic (exact) mass is 504 g/mol. The van der Waals surface area contributed by atoms with E-state index in [9.17, 15) is 0 Å². The fourth-order valence-corrected chi connectivity index (χ4v) is 5.72. The number of aromatic amines is 1. The third kappa shape index (κ3) is 4.07. The molecule has 2 aromatic heterocycles. The Kier molecular flexibility index (Phi) is 5.82. The van der Waals surface area contributed by atoms with Crippen molar-refractivity contribution in [3.8, 4) is 22.7 Å². The summed E-state index contributed by atoms with van der Waals surface area (Å²) >= 11 is 0. The zero-order valence-electron chi connectivity index (χ0n) is 23.2. The van der Waals surface area contributed by atoms with Crippen molar-refractivity contribution in [1.82, 2.24) is 14.8 Å². The van der Waals surface area contributed by atoms with Crippen molar-refractivity contribution in [2.45, 2.75) is 53.0 Å². The number of nitrogens with one attached hydrogen (secondary N) is 1. The lowest BCUT2D eigenvalue weighted by Crippen LogP contribution is -2.31. The first-order valence-electron chi connectivity index (χ1n) is 13.4. The van der Waals surface area contributed by atoms with E-state index in [-0.39, 0.29) is 5.41 Å². The number of ether oxygens (including phenoxy) is 1. The van der Waals surface area contributed by atoms with Gasteiger partial charge >= 0.3 is 0 Å². The molecule has 0 fully saturated rings. The highest BCUT2D eigenvalue weighted by Crippen LogP contribution is 2.39. The maximum atomic E-state index is 5.84. The second-order valence-corrected chi connectivity index (χ2v) is 11.5. The Bertz CT molecular complexity index is 1650. The number of aromatic nitrogens is 3. The zero-order valence-corrected chi connectivity index (χ0v) is 23.2. The molecular formula is C33H36N4O. The predicted octanol–water partition coefficient (Wildman–Crippen LogP) is 7.51. The van der Waals surface area contributed by atoms with Gasteiger partial charge in [0.15, 0.2) is 0 Å². The Morgan fingerprint density at radius 2 is 1.79 bits per heavy atom. The standard InChI is InChI=1S/C33H36N4O/c1-21-10-12-25(33(3,4)5)19-29(21)36-17-15-28-26(20-36)32(24-11-13-27-23(18-24)14-16-34-27)37(35-28)31-22(2)8-7-9-30(31)38-6/h7-14,16,18-19,34H,15,17,20H2,1-6H3. The largest absolute Gasteiger partial charge is 0.494 e. The minimum atomic E-state index is 0.104. The van der Waals surface area contributed by atoms with Crippen LogP contribution < -0.4 is 9.64 Å². The lowest BCUT2D eigenvalue weighted by Gasteiger charge is -2.32. The summed E-state index contributed by atoms with van der Waals surface area (Å²) in [5.74, 6) is 0.833. The Morgan fingerprint density at radius 1 is 0.947 bits per heavy atom. The number of hydrogen-bond donors (Lipinski definition) is 1. The third-order valence-electron chi connectivity index (χ3n) is 7.91. The molecule has 1 aliphatic heterocycles. The van der Waals surface area contributed by atoms with E-state index in [0.29, 0.717) is 0 Å². The number of para-hydroxylation sites is 1. The van der Waals surface area contributed by atoms with E-state index in [1.807, 2.05) is 18.3 Å². The number of benzene rings is 3. The van der Waals surface area contributed by atoms with Crippen molar-refractivity contribution in [3.05, 3.63) is 94.8 Å². The van der Waals surface area contributed by atoms with Gasteiger partial charge < -0.3 is 14.6 Å². The van der Waals surface area contributed by atoms with E-state index in [1.165, 1.54) is 33.5 Å². The Labute approximate surface area is 225 Å². The Morgan fingerprint density at radius 3 is 2.58 bits per heavy atom. The molecule has 0 spiro atoms. The molecule has 3 aromatic carbocycles. The number of aryl methyl sites for hydroxylation is 2. The van der Waals surface area contributed by atoms with Gasteiger partial charge in [0.1, 0.15) is 11.4 Å². The number of rotatable bonds is 4. The van der Waals surface area contributed by atoms with E-state index >= 15 is 0 Å². The van der Waals surface area contributed by atoms with Gasteiger partial charge in [0.05, 0.1) is 18.5 Å². The van der Waals surface area contributed by atoms with E-state index in [1.54, 1.807) is 7.11 Å². The van der Waals surface area contributed by atoms with Gasteiger partial charge in [-0.2, -0.15) is 5.10 Å². The van der Waals surface area contributed by atoms with Crippen LogP contribution in [0.5, 0.6) is 5.75 Å². The maximum Gasteiger partial charge on any atom is 0.144 e. The van der Waals surface area contributed by atoms with Gasteiger partial charge in [0.25, 0.3) is 0 Å². The van der Waals surface area contributed by atoms with Crippen LogP contribution in [0.3, 0.4) is 0 Å². The molecular weight excluding hydrogens is 468 g/mol. The summed E-state index contributed by atoms with van der Waals surface area (Å²) in [6, 6.07) is 21.9. The summed E-state index contributed by atoms with van der Waals surface area (Å²) < 4.78 is 7.97. The number of fused-ring (bicyclic) bond motifs is 2. The Hall–Kier alpha value is -3.99. The first-order valence-corrected chi connectivity index (χ1v) is 13.4. The topological polar surface area (TPSA) is 46.1 Å². The summed E-state index contributed by atoms with van der Waals surface area (Å²) in [5, 5.41) is 6.44. The van der Waals surface area contributed by atoms with Gasteiger partial charge in [-0.25, -0.2) is 4.68 Å². The summed E-state index contributed by atoms with van der Waals surface area (Å²) in [6.07, 6.45) is 2.90. The minimum Gasteiger partial charge on any atom is -0.494 e. The van der Waals surface area contributed by atoms with Gasteiger partial charge in [0.2, 0.25) is 0 Å². The van der Waals surface area contributed by atoms with Gasteiger partial charge in [-0.3, -0.25) is 0 Å². The van der Waals surface area contributed by atoms with Gasteiger partial charge in [-0.05, 0) is 66.3 Å². The molecule has 0 unspecified atom stereocenters. The fraction of sp³-hybridized carbons (Fsp3) is 0.303. The van der Waals surface area contributed by atoms with Crippen molar-refractivity contribution in [3.63, 3.8) is 0 Å². The lowest BCUT2D eigenvalue weighted by molar-refractivity contribution is 0.411. The van der Waals surface area contributed by atoms with Gasteiger partial charge in [-0.15, -0.1) is 0 Å². The van der Waals surface area contributed by atoms with Crippen LogP contribution in [-0.4, -0.2) is 28.4 Å². The maximum absolute atomic E-state index is 5.84. The highest BCUT2D eigenvalue weighted by Gasteiger charge is 2.29. The number of anilines is 1. The predicted molar refractivity (Wildman–Crippen MR) is 157 cm³/mol. The molecule has 5 aromatic rings. The van der Waals surface area contributed by atoms with Gasteiger partial charge in [0, 0.05) is 53.4 Å². The molecule has 0 bridgehead atoms. The van der Waals surface area contributed by atoms with Crippen LogP contribution in [0, 0.1) is 13.8 Å². The van der Waals surface area contributed by atoms with Crippen LogP contribution in [0.4, 0.5) is 5.69 Å². The highest BCUT2D eigenvalue weighted by atomic mass is 16.5. The Balaban J connectivity index is 1.54. The number of hydrogen-bond acceptors (Lipinski definition) is 3. The molecule has 1 N–H and O–H groups in total. The van der Waals surface area contributed by atoms with Crippen molar-refractivity contribution < 1.29 is 4.74 Å². The molecule has 3 heterocycles. The van der Waals surface area contributed by atoms with E-state index in [2.05, 4.69) is 97.7 Å². The molecule has 38 heavy (non-hydrogen) atoms. The number of nitrogens with zero attached hydrogens (tertiary/aromatic N) is 3. The number of methoxy groups -OCH3 is 1. The van der Waals surface area contributed by atoms with Crippen molar-refractivity contribution >= 4 is 16.6 Å². The van der Waals surface area contributed by atoms with Crippen molar-refractivity contribution in [2.75, 3.05) is 18.6 Å². The fourth-order valence-electron chi connectivity index (χ4n) is 5.72. The average molecular weight is 505 g/mol. The van der Waals surface area contributed by atoms with Crippen molar-refractivity contribution in [1.29, 1.82) is 0 Å². The van der Waals surface area contributed by atoms with Gasteiger partial charge in [-0.1, -0.05) is 51.1 Å². The number of H-pyrrole nitrogens is 1. The van der Waals surface area contributed by atoms with Crippen LogP contribution in [-0.2, 0) is 18.4 Å². The first kappa shape index (κ1) is 24.4. The van der Waals surface area contributed by atoms with Crippen LogP contribution in [0.2, 0.25) is 0 Å². The molecule has 0 atom stereocenters. The molecule has 194 valence electrons. The van der Waals surface area contributed by atoms with Crippen LogP contribution in [0.1, 0.15) is 48.7 Å².